The molecule has 0 unspecified atom stereocenters. The van der Waals surface area contributed by atoms with Gasteiger partial charge in [0, 0.05) is 0 Å². The molecule has 8 heavy (non-hydrogen) atoms. The second-order valence-electron chi connectivity index (χ2n) is 1.26. The van der Waals surface area contributed by atoms with E-state index in [1.54, 1.807) is 13.8 Å². The number of hydrogen-bond acceptors (Lipinski definition) is 1. The summed E-state index contributed by atoms with van der Waals surface area (Å²) < 4.78 is 0. The summed E-state index contributed by atoms with van der Waals surface area (Å²) in [5, 5.41) is 9.53. The predicted octanol–water partition coefficient (Wildman–Crippen LogP) is 1.82. The summed E-state index contributed by atoms with van der Waals surface area (Å²) >= 11 is -1.92. The van der Waals surface area contributed by atoms with Crippen molar-refractivity contribution in [1.82, 2.24) is 0 Å². The van der Waals surface area contributed by atoms with Crippen molar-refractivity contribution in [2.24, 2.45) is 0 Å². The molecule has 0 aliphatic carbocycles. The Bertz CT molecular complexity index is 30.0. The first-order chi connectivity index (χ1) is 3.46. The molecule has 0 aromatic carbocycles. The van der Waals surface area contributed by atoms with Crippen molar-refractivity contribution >= 4 is 27.9 Å². The monoisotopic (exact) mass is 212 g/mol. The molecule has 0 spiro atoms. The van der Waals surface area contributed by atoms with Crippen LogP contribution in [0.3, 0.4) is 0 Å². The van der Waals surface area contributed by atoms with E-state index in [0.29, 0.717) is 0 Å². The van der Waals surface area contributed by atoms with Crippen molar-refractivity contribution < 1.29 is 19.8 Å². The van der Waals surface area contributed by atoms with Gasteiger partial charge in [0.1, 0.15) is 0 Å². The Morgan fingerprint density at radius 2 is 1.25 bits per heavy atom. The Hall–Kier alpha value is 1.54. The van der Waals surface area contributed by atoms with E-state index in [9.17, 15) is 5.11 Å². The first-order valence-electron chi connectivity index (χ1n) is 1.96. The third-order valence-corrected chi connectivity index (χ3v) is 0. The van der Waals surface area contributed by atoms with Crippen LogP contribution in [0.25, 0.3) is 0 Å². The second-order valence-corrected chi connectivity index (χ2v) is 9.00. The van der Waals surface area contributed by atoms with Crippen LogP contribution in [0.15, 0.2) is 0 Å². The fourth-order valence-electron chi connectivity index (χ4n) is 0. The Kier molecular flexibility index (Phi) is 13.1. The normalized spacial score (nSPS) is 7.88. The van der Waals surface area contributed by atoms with E-state index >= 15 is 0 Å². The number of halogens is 3. The standard InChI is InChI=1S/C3H7O.3ClH.Ti/c1-3(2)4;;;;/h3H,1-2H3;3*1H;/q-1;;;;+4/p-3. The summed E-state index contributed by atoms with van der Waals surface area (Å²) in [5.74, 6) is 0. The average molecular weight is 213 g/mol. The van der Waals surface area contributed by atoms with Crippen LogP contribution in [-0.4, -0.2) is 6.10 Å². The van der Waals surface area contributed by atoms with Crippen molar-refractivity contribution in [3.8, 4) is 0 Å². The maximum absolute atomic E-state index is 9.53. The van der Waals surface area contributed by atoms with E-state index in [1.165, 1.54) is 0 Å². The molecule has 0 aliphatic heterocycles. The SMILES string of the molecule is CC(C)[O-].[Cl][Ti+]([Cl])[Cl]. The van der Waals surface area contributed by atoms with Gasteiger partial charge in [0.2, 0.25) is 0 Å². The summed E-state index contributed by atoms with van der Waals surface area (Å²) in [6.07, 6.45) is -0.417. The van der Waals surface area contributed by atoms with E-state index in [4.69, 9.17) is 27.9 Å². The van der Waals surface area contributed by atoms with E-state index < -0.39 is 20.8 Å². The minimum atomic E-state index is -1.92. The van der Waals surface area contributed by atoms with Crippen LogP contribution in [0.5, 0.6) is 0 Å². The molecule has 0 aliphatic rings. The molecule has 0 amide bonds. The molecular formula is C3H7Cl3OTi. The van der Waals surface area contributed by atoms with Crippen molar-refractivity contribution in [3.05, 3.63) is 0 Å². The zero-order valence-corrected chi connectivity index (χ0v) is 8.45. The molecule has 0 saturated heterocycles. The van der Waals surface area contributed by atoms with Crippen LogP contribution in [0.2, 0.25) is 0 Å². The molecule has 5 heteroatoms. The summed E-state index contributed by atoms with van der Waals surface area (Å²) in [5.41, 5.74) is 0. The Balaban J connectivity index is 0. The molecule has 0 saturated carbocycles. The van der Waals surface area contributed by atoms with Gasteiger partial charge in [0.25, 0.3) is 0 Å². The van der Waals surface area contributed by atoms with Gasteiger partial charge in [-0.25, -0.2) is 0 Å². The van der Waals surface area contributed by atoms with E-state index in [-0.39, 0.29) is 0 Å². The maximum atomic E-state index is 9.53. The number of hydrogen-bond donors (Lipinski definition) is 0. The molecule has 0 N–H and O–H groups in total. The molecule has 0 heterocycles. The van der Waals surface area contributed by atoms with Crippen LogP contribution >= 0.6 is 27.9 Å². The molecule has 0 rings (SSSR count). The fraction of sp³-hybridized carbons (Fsp3) is 1.00. The molecular weight excluding hydrogens is 206 g/mol. The zero-order chi connectivity index (χ0) is 7.15. The van der Waals surface area contributed by atoms with Crippen LogP contribution < -0.4 is 5.11 Å². The fourth-order valence-corrected chi connectivity index (χ4v) is 0. The van der Waals surface area contributed by atoms with Gasteiger partial charge in [0.05, 0.1) is 0 Å². The van der Waals surface area contributed by atoms with Gasteiger partial charge >= 0.3 is 42.6 Å². The Morgan fingerprint density at radius 3 is 1.25 bits per heavy atom. The first-order valence-corrected chi connectivity index (χ1v) is 8.40. The van der Waals surface area contributed by atoms with Crippen LogP contribution in [-0.2, 0) is 14.7 Å². The quantitative estimate of drug-likeness (QED) is 0.563. The van der Waals surface area contributed by atoms with E-state index in [2.05, 4.69) is 0 Å². The van der Waals surface area contributed by atoms with Gasteiger partial charge in [0.15, 0.2) is 0 Å². The van der Waals surface area contributed by atoms with Crippen LogP contribution in [0, 0.1) is 0 Å². The summed E-state index contributed by atoms with van der Waals surface area (Å²) in [4.78, 5) is 0. The van der Waals surface area contributed by atoms with Crippen molar-refractivity contribution in [2.75, 3.05) is 0 Å². The van der Waals surface area contributed by atoms with Gasteiger partial charge in [-0.05, 0) is 0 Å². The predicted molar refractivity (Wildman–Crippen MR) is 32.7 cm³/mol. The second kappa shape index (κ2) is 8.54. The third-order valence-electron chi connectivity index (χ3n) is 0. The molecule has 0 aromatic heterocycles. The van der Waals surface area contributed by atoms with E-state index in [0.717, 1.165) is 0 Å². The van der Waals surface area contributed by atoms with Gasteiger partial charge in [-0.2, -0.15) is 0 Å². The average Bonchev–Trinajstić information content (AvgIpc) is 1.25. The minimum absolute atomic E-state index is 0.417. The third kappa shape index (κ3) is 135. The molecule has 0 bridgehead atoms. The van der Waals surface area contributed by atoms with Gasteiger partial charge in [-0.1, -0.05) is 13.8 Å². The van der Waals surface area contributed by atoms with Gasteiger partial charge in [-0.3, -0.25) is 0 Å². The van der Waals surface area contributed by atoms with Crippen molar-refractivity contribution in [2.45, 2.75) is 20.0 Å². The Morgan fingerprint density at radius 1 is 1.25 bits per heavy atom. The Labute approximate surface area is 67.4 Å². The molecule has 0 atom stereocenters. The van der Waals surface area contributed by atoms with Crippen molar-refractivity contribution in [3.63, 3.8) is 0 Å². The van der Waals surface area contributed by atoms with Gasteiger partial charge < -0.3 is 5.11 Å². The summed E-state index contributed by atoms with van der Waals surface area (Å²) in [6.45, 7) is 3.22. The zero-order valence-electron chi connectivity index (χ0n) is 4.62. The molecule has 1 nitrogen and oxygen atoms in total. The van der Waals surface area contributed by atoms with E-state index in [1.807, 2.05) is 0 Å². The number of rotatable bonds is 0. The summed E-state index contributed by atoms with van der Waals surface area (Å²) in [7, 11) is 14.9. The van der Waals surface area contributed by atoms with Crippen LogP contribution in [0.4, 0.5) is 0 Å². The summed E-state index contributed by atoms with van der Waals surface area (Å²) in [6, 6.07) is 0. The van der Waals surface area contributed by atoms with Crippen molar-refractivity contribution in [1.29, 1.82) is 0 Å². The molecule has 0 radical (unpaired) electrons. The topological polar surface area (TPSA) is 23.1 Å². The molecule has 0 fully saturated rings. The van der Waals surface area contributed by atoms with Crippen LogP contribution in [0.1, 0.15) is 13.8 Å². The molecule has 50 valence electrons. The first kappa shape index (κ1) is 12.2. The molecule has 0 aromatic rings. The van der Waals surface area contributed by atoms with Gasteiger partial charge in [-0.15, -0.1) is 6.10 Å².